The fraction of sp³-hybridized carbons (Fsp3) is 0. The van der Waals surface area contributed by atoms with Crippen LogP contribution in [0.5, 0.6) is 0 Å². The maximum absolute atomic E-state index is 5.80. The molecule has 0 bridgehead atoms. The molecule has 3 aromatic heterocycles. The zero-order valence-electron chi connectivity index (χ0n) is 9.32. The molecule has 0 amide bonds. The van der Waals surface area contributed by atoms with Crippen LogP contribution < -0.4 is 5.73 Å². The van der Waals surface area contributed by atoms with Gasteiger partial charge >= 0.3 is 0 Å². The fourth-order valence-corrected chi connectivity index (χ4v) is 1.68. The first kappa shape index (κ1) is 10.4. The van der Waals surface area contributed by atoms with Crippen molar-refractivity contribution in [3.05, 3.63) is 43.1 Å². The predicted molar refractivity (Wildman–Crippen MR) is 65.2 cm³/mol. The summed E-state index contributed by atoms with van der Waals surface area (Å²) in [5.74, 6) is 0.229. The van der Waals surface area contributed by atoms with Crippen molar-refractivity contribution in [2.45, 2.75) is 0 Å². The monoisotopic (exact) mass is 239 g/mol. The third-order valence-corrected chi connectivity index (χ3v) is 2.47. The maximum atomic E-state index is 5.80. The molecule has 2 N–H and O–H groups in total. The van der Waals surface area contributed by atoms with E-state index in [0.717, 1.165) is 5.56 Å². The van der Waals surface area contributed by atoms with Crippen LogP contribution in [0.15, 0.2) is 47.6 Å². The minimum Gasteiger partial charge on any atom is -0.367 e. The quantitative estimate of drug-likeness (QED) is 0.732. The van der Waals surface area contributed by atoms with Gasteiger partial charge in [-0.05, 0) is 12.1 Å². The average Bonchev–Trinajstić information content (AvgIpc) is 2.83. The van der Waals surface area contributed by atoms with Crippen LogP contribution in [0.3, 0.4) is 0 Å². The third-order valence-electron chi connectivity index (χ3n) is 2.47. The molecule has 0 aromatic carbocycles. The van der Waals surface area contributed by atoms with Crippen LogP contribution in [0.4, 0.5) is 5.88 Å². The summed E-state index contributed by atoms with van der Waals surface area (Å²) in [5.41, 5.74) is 8.49. The van der Waals surface area contributed by atoms with E-state index in [1.807, 2.05) is 18.2 Å². The van der Waals surface area contributed by atoms with Gasteiger partial charge in [0, 0.05) is 24.2 Å². The van der Waals surface area contributed by atoms with Crippen LogP contribution in [-0.2, 0) is 0 Å². The van der Waals surface area contributed by atoms with Crippen LogP contribution in [0.2, 0.25) is 0 Å². The third kappa shape index (κ3) is 1.69. The van der Waals surface area contributed by atoms with Gasteiger partial charge in [0.25, 0.3) is 0 Å². The molecule has 6 nitrogen and oxygen atoms in total. The molecule has 0 aliphatic carbocycles. The molecule has 0 fully saturated rings. The molecule has 0 atom stereocenters. The Kier molecular flexibility index (Phi) is 2.45. The van der Waals surface area contributed by atoms with Crippen molar-refractivity contribution >= 4 is 5.88 Å². The topological polar surface area (TPSA) is 90.7 Å². The lowest BCUT2D eigenvalue weighted by atomic mass is 10.1. The minimum absolute atomic E-state index is 0.229. The van der Waals surface area contributed by atoms with E-state index in [-0.39, 0.29) is 5.88 Å². The summed E-state index contributed by atoms with van der Waals surface area (Å²) in [5, 5.41) is 3.94. The molecule has 88 valence electrons. The molecule has 3 aromatic rings. The zero-order valence-corrected chi connectivity index (χ0v) is 9.32. The molecule has 18 heavy (non-hydrogen) atoms. The second-order valence-electron chi connectivity index (χ2n) is 3.61. The van der Waals surface area contributed by atoms with Gasteiger partial charge < -0.3 is 10.3 Å². The summed E-state index contributed by atoms with van der Waals surface area (Å²) < 4.78 is 5.04. The Balaban J connectivity index is 2.19. The first-order chi connectivity index (χ1) is 8.86. The Morgan fingerprint density at radius 1 is 1.11 bits per heavy atom. The van der Waals surface area contributed by atoms with Crippen molar-refractivity contribution in [3.8, 4) is 22.5 Å². The highest BCUT2D eigenvalue weighted by Gasteiger charge is 2.18. The number of pyridine rings is 1. The van der Waals surface area contributed by atoms with Gasteiger partial charge in [0.15, 0.2) is 0 Å². The lowest BCUT2D eigenvalue weighted by Gasteiger charge is -2.00. The van der Waals surface area contributed by atoms with Crippen LogP contribution in [0, 0.1) is 0 Å². The predicted octanol–water partition coefficient (Wildman–Crippen LogP) is 1.78. The molecule has 0 aliphatic rings. The molecule has 0 unspecified atom stereocenters. The van der Waals surface area contributed by atoms with Crippen LogP contribution >= 0.6 is 0 Å². The molecule has 0 radical (unpaired) electrons. The Morgan fingerprint density at radius 2 is 1.94 bits per heavy atom. The minimum atomic E-state index is 0.229. The number of nitrogens with two attached hydrogens (primary N) is 1. The number of aromatic nitrogens is 4. The standard InChI is InChI=1S/C12H9N5O/c13-12-10(9-3-1-2-4-16-9)11(17-18-12)8-5-14-7-15-6-8/h1-7H,13H2. The number of anilines is 1. The van der Waals surface area contributed by atoms with Crippen molar-refractivity contribution in [1.82, 2.24) is 20.1 Å². The second-order valence-corrected chi connectivity index (χ2v) is 3.61. The van der Waals surface area contributed by atoms with Crippen molar-refractivity contribution in [2.75, 3.05) is 5.73 Å². The molecular weight excluding hydrogens is 230 g/mol. The van der Waals surface area contributed by atoms with Gasteiger partial charge in [-0.3, -0.25) is 4.98 Å². The second kappa shape index (κ2) is 4.25. The van der Waals surface area contributed by atoms with E-state index in [0.29, 0.717) is 17.0 Å². The van der Waals surface area contributed by atoms with Crippen molar-refractivity contribution < 1.29 is 4.52 Å². The van der Waals surface area contributed by atoms with Crippen molar-refractivity contribution in [2.24, 2.45) is 0 Å². The van der Waals surface area contributed by atoms with Gasteiger partial charge in [0.1, 0.15) is 12.0 Å². The van der Waals surface area contributed by atoms with Gasteiger partial charge in [-0.15, -0.1) is 0 Å². The summed E-state index contributed by atoms with van der Waals surface area (Å²) in [4.78, 5) is 12.1. The Labute approximate surface area is 103 Å². The van der Waals surface area contributed by atoms with Gasteiger partial charge in [-0.2, -0.15) is 0 Å². The molecule has 6 heteroatoms. The normalized spacial score (nSPS) is 10.4. The van der Waals surface area contributed by atoms with E-state index >= 15 is 0 Å². The Hall–Kier alpha value is -2.76. The van der Waals surface area contributed by atoms with E-state index < -0.39 is 0 Å². The van der Waals surface area contributed by atoms with Crippen LogP contribution in [0.1, 0.15) is 0 Å². The Morgan fingerprint density at radius 3 is 2.67 bits per heavy atom. The highest BCUT2D eigenvalue weighted by Crippen LogP contribution is 2.34. The highest BCUT2D eigenvalue weighted by molar-refractivity contribution is 5.84. The molecule has 0 saturated heterocycles. The first-order valence-corrected chi connectivity index (χ1v) is 5.28. The summed E-state index contributed by atoms with van der Waals surface area (Å²) in [6.45, 7) is 0. The van der Waals surface area contributed by atoms with Gasteiger partial charge in [-0.25, -0.2) is 9.97 Å². The fourth-order valence-electron chi connectivity index (χ4n) is 1.68. The van der Waals surface area contributed by atoms with Gasteiger partial charge in [0.05, 0.1) is 11.3 Å². The first-order valence-electron chi connectivity index (χ1n) is 5.28. The summed E-state index contributed by atoms with van der Waals surface area (Å²) >= 11 is 0. The summed E-state index contributed by atoms with van der Waals surface area (Å²) in [6, 6.07) is 5.55. The number of rotatable bonds is 2. The van der Waals surface area contributed by atoms with E-state index in [4.69, 9.17) is 10.3 Å². The highest BCUT2D eigenvalue weighted by atomic mass is 16.5. The van der Waals surface area contributed by atoms with E-state index in [1.165, 1.54) is 6.33 Å². The van der Waals surface area contributed by atoms with E-state index in [2.05, 4.69) is 20.1 Å². The molecular formula is C12H9N5O. The van der Waals surface area contributed by atoms with E-state index in [1.54, 1.807) is 18.6 Å². The largest absolute Gasteiger partial charge is 0.367 e. The van der Waals surface area contributed by atoms with Gasteiger partial charge in [-0.1, -0.05) is 11.2 Å². The molecule has 3 rings (SSSR count). The molecule has 3 heterocycles. The smallest absolute Gasteiger partial charge is 0.232 e. The number of nitrogen functional groups attached to an aromatic ring is 1. The zero-order chi connectivity index (χ0) is 12.4. The average molecular weight is 239 g/mol. The lowest BCUT2D eigenvalue weighted by molar-refractivity contribution is 0.439. The maximum Gasteiger partial charge on any atom is 0.232 e. The van der Waals surface area contributed by atoms with Crippen LogP contribution in [-0.4, -0.2) is 20.1 Å². The van der Waals surface area contributed by atoms with Crippen LogP contribution in [0.25, 0.3) is 22.5 Å². The summed E-state index contributed by atoms with van der Waals surface area (Å²) in [7, 11) is 0. The van der Waals surface area contributed by atoms with Crippen molar-refractivity contribution in [1.29, 1.82) is 0 Å². The molecule has 0 spiro atoms. The van der Waals surface area contributed by atoms with Crippen molar-refractivity contribution in [3.63, 3.8) is 0 Å². The molecule has 0 aliphatic heterocycles. The SMILES string of the molecule is Nc1onc(-c2cncnc2)c1-c1ccccn1. The number of hydrogen-bond acceptors (Lipinski definition) is 6. The Bertz CT molecular complexity index is 651. The van der Waals surface area contributed by atoms with Gasteiger partial charge in [0.2, 0.25) is 5.88 Å². The lowest BCUT2D eigenvalue weighted by Crippen LogP contribution is -1.90. The number of hydrogen-bond donors (Lipinski definition) is 1. The summed E-state index contributed by atoms with van der Waals surface area (Å²) in [6.07, 6.45) is 6.44. The van der Waals surface area contributed by atoms with E-state index in [9.17, 15) is 0 Å². The number of nitrogens with zero attached hydrogens (tertiary/aromatic N) is 4. The molecule has 0 saturated carbocycles.